The van der Waals surface area contributed by atoms with Crippen molar-refractivity contribution in [3.05, 3.63) is 56.7 Å². The molecule has 21 heavy (non-hydrogen) atoms. The Labute approximate surface area is 124 Å². The van der Waals surface area contributed by atoms with Crippen molar-refractivity contribution in [2.24, 2.45) is 7.05 Å². The monoisotopic (exact) mass is 302 g/mol. The molecule has 0 atom stereocenters. The molecule has 0 aliphatic carbocycles. The van der Waals surface area contributed by atoms with Crippen molar-refractivity contribution in [3.8, 4) is 0 Å². The van der Waals surface area contributed by atoms with Gasteiger partial charge in [0.15, 0.2) is 5.58 Å². The number of nitrogens with zero attached hydrogens (tertiary/aromatic N) is 1. The number of amides is 1. The number of rotatable bonds is 4. The fourth-order valence-electron chi connectivity index (χ4n) is 2.12. The zero-order chi connectivity index (χ0) is 14.8. The van der Waals surface area contributed by atoms with Crippen LogP contribution in [0, 0.1) is 0 Å². The molecule has 1 N–H and O–H groups in total. The number of thiophene rings is 1. The normalized spacial score (nSPS) is 10.9. The maximum Gasteiger partial charge on any atom is 0.419 e. The summed E-state index contributed by atoms with van der Waals surface area (Å²) < 4.78 is 6.43. The molecular formula is C15H14N2O3S. The predicted octanol–water partition coefficient (Wildman–Crippen LogP) is 2.17. The van der Waals surface area contributed by atoms with E-state index in [1.165, 1.54) is 9.44 Å². The Morgan fingerprint density at radius 3 is 3.00 bits per heavy atom. The van der Waals surface area contributed by atoms with Crippen molar-refractivity contribution >= 4 is 28.3 Å². The van der Waals surface area contributed by atoms with E-state index < -0.39 is 5.76 Å². The third kappa shape index (κ3) is 2.75. The minimum Gasteiger partial charge on any atom is -0.408 e. The van der Waals surface area contributed by atoms with Gasteiger partial charge in [-0.25, -0.2) is 4.79 Å². The van der Waals surface area contributed by atoms with Crippen LogP contribution in [0.5, 0.6) is 0 Å². The molecule has 3 aromatic rings. The highest BCUT2D eigenvalue weighted by Crippen LogP contribution is 2.14. The minimum absolute atomic E-state index is 0.151. The zero-order valence-electron chi connectivity index (χ0n) is 11.5. The van der Waals surface area contributed by atoms with Gasteiger partial charge in [0.2, 0.25) is 0 Å². The van der Waals surface area contributed by atoms with E-state index in [1.54, 1.807) is 36.6 Å². The first-order chi connectivity index (χ1) is 10.1. The number of aryl methyl sites for hydroxylation is 1. The summed E-state index contributed by atoms with van der Waals surface area (Å²) in [5.41, 5.74) is 1.62. The lowest BCUT2D eigenvalue weighted by Crippen LogP contribution is -2.25. The maximum absolute atomic E-state index is 12.1. The van der Waals surface area contributed by atoms with Crippen molar-refractivity contribution in [2.75, 3.05) is 6.54 Å². The van der Waals surface area contributed by atoms with Crippen LogP contribution in [0.4, 0.5) is 0 Å². The second-order valence-corrected chi connectivity index (χ2v) is 5.73. The van der Waals surface area contributed by atoms with Crippen molar-refractivity contribution in [2.45, 2.75) is 6.42 Å². The van der Waals surface area contributed by atoms with E-state index in [0.717, 1.165) is 6.42 Å². The number of nitrogens with one attached hydrogen (secondary N) is 1. The topological polar surface area (TPSA) is 64.2 Å². The lowest BCUT2D eigenvalue weighted by atomic mass is 10.2. The molecule has 0 radical (unpaired) electrons. The summed E-state index contributed by atoms with van der Waals surface area (Å²) >= 11 is 1.68. The number of hydrogen-bond acceptors (Lipinski definition) is 4. The Morgan fingerprint density at radius 2 is 2.24 bits per heavy atom. The molecule has 0 spiro atoms. The fraction of sp³-hybridized carbons (Fsp3) is 0.200. The molecule has 0 fully saturated rings. The molecule has 2 aromatic heterocycles. The zero-order valence-corrected chi connectivity index (χ0v) is 12.3. The first-order valence-corrected chi connectivity index (χ1v) is 7.43. The van der Waals surface area contributed by atoms with Crippen LogP contribution in [0.2, 0.25) is 0 Å². The summed E-state index contributed by atoms with van der Waals surface area (Å²) in [7, 11) is 1.62. The van der Waals surface area contributed by atoms with E-state index >= 15 is 0 Å². The summed E-state index contributed by atoms with van der Waals surface area (Å²) in [5.74, 6) is -0.581. The largest absolute Gasteiger partial charge is 0.419 e. The Kier molecular flexibility index (Phi) is 3.62. The number of oxazole rings is 1. The van der Waals surface area contributed by atoms with E-state index in [0.29, 0.717) is 23.2 Å². The highest BCUT2D eigenvalue weighted by Gasteiger charge is 2.10. The molecule has 0 bridgehead atoms. The van der Waals surface area contributed by atoms with Gasteiger partial charge in [-0.15, -0.1) is 11.3 Å². The molecular weight excluding hydrogens is 288 g/mol. The first-order valence-electron chi connectivity index (χ1n) is 6.55. The van der Waals surface area contributed by atoms with Gasteiger partial charge in [-0.1, -0.05) is 6.07 Å². The summed E-state index contributed by atoms with van der Waals surface area (Å²) in [4.78, 5) is 24.8. The Bertz CT molecular complexity index is 830. The van der Waals surface area contributed by atoms with Gasteiger partial charge in [0, 0.05) is 24.0 Å². The molecule has 6 heteroatoms. The molecule has 0 aliphatic heterocycles. The molecule has 0 saturated heterocycles. The Balaban J connectivity index is 1.72. The molecule has 0 saturated carbocycles. The van der Waals surface area contributed by atoms with Crippen LogP contribution in [-0.4, -0.2) is 17.0 Å². The number of fused-ring (bicyclic) bond motifs is 1. The molecule has 1 aromatic carbocycles. The number of benzene rings is 1. The first kappa shape index (κ1) is 13.6. The van der Waals surface area contributed by atoms with E-state index in [9.17, 15) is 9.59 Å². The third-order valence-electron chi connectivity index (χ3n) is 3.29. The van der Waals surface area contributed by atoms with Crippen LogP contribution in [0.3, 0.4) is 0 Å². The Morgan fingerprint density at radius 1 is 1.38 bits per heavy atom. The number of hydrogen-bond donors (Lipinski definition) is 1. The molecule has 0 aliphatic rings. The summed E-state index contributed by atoms with van der Waals surface area (Å²) in [6.07, 6.45) is 0.815. The van der Waals surface area contributed by atoms with Gasteiger partial charge in [0.05, 0.1) is 5.52 Å². The van der Waals surface area contributed by atoms with Crippen LogP contribution < -0.4 is 11.1 Å². The van der Waals surface area contributed by atoms with Gasteiger partial charge in [-0.05, 0) is 36.1 Å². The summed E-state index contributed by atoms with van der Waals surface area (Å²) in [6.45, 7) is 0.585. The standard InChI is InChI=1S/C15H14N2O3S/c1-17-12-9-10(4-5-13(12)20-15(17)19)14(18)16-7-6-11-3-2-8-21-11/h2-5,8-9H,6-7H2,1H3,(H,16,18). The van der Waals surface area contributed by atoms with Crippen molar-refractivity contribution in [3.63, 3.8) is 0 Å². The summed E-state index contributed by atoms with van der Waals surface area (Å²) in [6, 6.07) is 9.01. The number of aromatic nitrogens is 1. The van der Waals surface area contributed by atoms with E-state index in [4.69, 9.17) is 4.42 Å². The van der Waals surface area contributed by atoms with Gasteiger partial charge >= 0.3 is 5.76 Å². The van der Waals surface area contributed by atoms with Crippen molar-refractivity contribution in [1.29, 1.82) is 0 Å². The molecule has 1 amide bonds. The minimum atomic E-state index is -0.430. The predicted molar refractivity (Wildman–Crippen MR) is 81.8 cm³/mol. The van der Waals surface area contributed by atoms with Crippen LogP contribution in [0.1, 0.15) is 15.2 Å². The molecule has 108 valence electrons. The lowest BCUT2D eigenvalue weighted by molar-refractivity contribution is 0.0954. The fourth-order valence-corrected chi connectivity index (χ4v) is 2.83. The van der Waals surface area contributed by atoms with Crippen LogP contribution in [0.15, 0.2) is 44.9 Å². The second kappa shape index (κ2) is 5.57. The molecule has 2 heterocycles. The Hall–Kier alpha value is -2.34. The van der Waals surface area contributed by atoms with Gasteiger partial charge in [0.1, 0.15) is 0 Å². The van der Waals surface area contributed by atoms with Crippen LogP contribution in [0.25, 0.3) is 11.1 Å². The van der Waals surface area contributed by atoms with E-state index in [2.05, 4.69) is 5.32 Å². The molecule has 3 rings (SSSR count). The maximum atomic E-state index is 12.1. The quantitative estimate of drug-likeness (QED) is 0.803. The molecule has 0 unspecified atom stereocenters. The third-order valence-corrected chi connectivity index (χ3v) is 4.23. The van der Waals surface area contributed by atoms with E-state index in [1.807, 2.05) is 17.5 Å². The SMILES string of the molecule is Cn1c(=O)oc2ccc(C(=O)NCCc3cccs3)cc21. The number of carbonyl (C=O) groups is 1. The van der Waals surface area contributed by atoms with Gasteiger partial charge in [-0.2, -0.15) is 0 Å². The highest BCUT2D eigenvalue weighted by atomic mass is 32.1. The van der Waals surface area contributed by atoms with Gasteiger partial charge < -0.3 is 9.73 Å². The summed E-state index contributed by atoms with van der Waals surface area (Å²) in [5, 5.41) is 4.90. The second-order valence-electron chi connectivity index (χ2n) is 4.69. The number of carbonyl (C=O) groups excluding carboxylic acids is 1. The average molecular weight is 302 g/mol. The van der Waals surface area contributed by atoms with E-state index in [-0.39, 0.29) is 5.91 Å². The van der Waals surface area contributed by atoms with Crippen molar-refractivity contribution in [1.82, 2.24) is 9.88 Å². The smallest absolute Gasteiger partial charge is 0.408 e. The average Bonchev–Trinajstić information content (AvgIpc) is 3.08. The van der Waals surface area contributed by atoms with Gasteiger partial charge in [-0.3, -0.25) is 9.36 Å². The van der Waals surface area contributed by atoms with Gasteiger partial charge in [0.25, 0.3) is 5.91 Å². The van der Waals surface area contributed by atoms with Crippen molar-refractivity contribution < 1.29 is 9.21 Å². The van der Waals surface area contributed by atoms with Crippen LogP contribution in [-0.2, 0) is 13.5 Å². The van der Waals surface area contributed by atoms with Crippen LogP contribution >= 0.6 is 11.3 Å². The lowest BCUT2D eigenvalue weighted by Gasteiger charge is -2.04. The highest BCUT2D eigenvalue weighted by molar-refractivity contribution is 7.09. The molecule has 5 nitrogen and oxygen atoms in total.